The largest absolute Gasteiger partial charge is 0.415 e. The maximum atomic E-state index is 12.1. The molecule has 102 valence electrons. The molecule has 0 fully saturated rings. The van der Waals surface area contributed by atoms with Gasteiger partial charge in [-0.3, -0.25) is 4.90 Å². The molecule has 0 spiro atoms. The van der Waals surface area contributed by atoms with Crippen molar-refractivity contribution in [1.82, 2.24) is 4.90 Å². The molecule has 0 saturated carbocycles. The van der Waals surface area contributed by atoms with Crippen molar-refractivity contribution < 1.29 is 9.53 Å². The van der Waals surface area contributed by atoms with Crippen LogP contribution in [0.4, 0.5) is 4.79 Å². The number of nitrogens with zero attached hydrogens (tertiary/aromatic N) is 1. The van der Waals surface area contributed by atoms with Gasteiger partial charge in [0.2, 0.25) is 0 Å². The summed E-state index contributed by atoms with van der Waals surface area (Å²) in [5.41, 5.74) is 3.62. The van der Waals surface area contributed by atoms with Gasteiger partial charge in [-0.1, -0.05) is 39.7 Å². The highest BCUT2D eigenvalue weighted by molar-refractivity contribution is 9.10. The van der Waals surface area contributed by atoms with Crippen LogP contribution in [0.1, 0.15) is 16.7 Å². The first kappa shape index (κ1) is 13.2. The van der Waals surface area contributed by atoms with Crippen LogP contribution in [0.25, 0.3) is 0 Å². The zero-order valence-corrected chi connectivity index (χ0v) is 12.7. The molecule has 20 heavy (non-hydrogen) atoms. The Labute approximate surface area is 126 Å². The fourth-order valence-corrected chi connectivity index (χ4v) is 2.58. The Morgan fingerprint density at radius 2 is 1.80 bits per heavy atom. The Hall–Kier alpha value is -1.81. The Balaban J connectivity index is 1.69. The van der Waals surface area contributed by atoms with Crippen molar-refractivity contribution >= 4 is 22.0 Å². The third-order valence-electron chi connectivity index (χ3n) is 3.36. The molecular weight excluding hydrogens is 318 g/mol. The highest BCUT2D eigenvalue weighted by atomic mass is 79.9. The molecule has 0 atom stereocenters. The number of benzene rings is 2. The molecule has 1 amide bonds. The van der Waals surface area contributed by atoms with Gasteiger partial charge in [-0.05, 0) is 42.3 Å². The zero-order valence-electron chi connectivity index (χ0n) is 11.1. The van der Waals surface area contributed by atoms with E-state index >= 15 is 0 Å². The van der Waals surface area contributed by atoms with Gasteiger partial charge in [-0.25, -0.2) is 4.79 Å². The van der Waals surface area contributed by atoms with Crippen LogP contribution in [0, 0.1) is 6.92 Å². The number of halogens is 1. The second-order valence-electron chi connectivity index (χ2n) is 4.95. The van der Waals surface area contributed by atoms with E-state index in [2.05, 4.69) is 41.1 Å². The van der Waals surface area contributed by atoms with Crippen molar-refractivity contribution in [3.8, 4) is 5.75 Å². The Bertz CT molecular complexity index is 652. The van der Waals surface area contributed by atoms with Crippen molar-refractivity contribution in [2.45, 2.75) is 20.0 Å². The normalized spacial score (nSPS) is 13.2. The second-order valence-corrected chi connectivity index (χ2v) is 5.87. The van der Waals surface area contributed by atoms with Gasteiger partial charge in [0.1, 0.15) is 5.75 Å². The molecule has 0 aromatic heterocycles. The highest BCUT2D eigenvalue weighted by Gasteiger charge is 2.24. The molecule has 2 aromatic rings. The number of amides is 1. The number of hydrogen-bond donors (Lipinski definition) is 0. The maximum absolute atomic E-state index is 12.1. The van der Waals surface area contributed by atoms with Gasteiger partial charge in [0, 0.05) is 17.6 Å². The predicted molar refractivity (Wildman–Crippen MR) is 80.6 cm³/mol. The van der Waals surface area contributed by atoms with Gasteiger partial charge in [-0.15, -0.1) is 0 Å². The van der Waals surface area contributed by atoms with Crippen LogP contribution in [0.3, 0.4) is 0 Å². The van der Waals surface area contributed by atoms with E-state index in [1.165, 1.54) is 16.7 Å². The van der Waals surface area contributed by atoms with Gasteiger partial charge < -0.3 is 4.74 Å². The minimum atomic E-state index is -0.304. The first-order chi connectivity index (χ1) is 9.61. The molecule has 2 aromatic carbocycles. The molecular formula is C16H14BrNO2. The third kappa shape index (κ3) is 2.70. The number of aryl methyl sites for hydroxylation is 1. The van der Waals surface area contributed by atoms with Gasteiger partial charge in [0.05, 0.1) is 0 Å². The van der Waals surface area contributed by atoms with E-state index < -0.39 is 0 Å². The molecule has 3 nitrogen and oxygen atoms in total. The molecule has 0 aliphatic carbocycles. The van der Waals surface area contributed by atoms with E-state index in [1.54, 1.807) is 17.0 Å². The number of rotatable bonds is 1. The van der Waals surface area contributed by atoms with Gasteiger partial charge in [-0.2, -0.15) is 0 Å². The van der Waals surface area contributed by atoms with E-state index in [9.17, 15) is 4.79 Å². The fourth-order valence-electron chi connectivity index (χ4n) is 2.32. The lowest BCUT2D eigenvalue weighted by Gasteiger charge is -2.15. The molecule has 0 unspecified atom stereocenters. The van der Waals surface area contributed by atoms with Gasteiger partial charge in [0.25, 0.3) is 0 Å². The number of ether oxygens (including phenoxy) is 1. The smallest absolute Gasteiger partial charge is 0.410 e. The van der Waals surface area contributed by atoms with Crippen LogP contribution in [0.5, 0.6) is 5.75 Å². The highest BCUT2D eigenvalue weighted by Crippen LogP contribution is 2.25. The molecule has 4 heteroatoms. The number of carbonyl (C=O) groups excluding carboxylic acids is 1. The molecule has 1 aliphatic rings. The Morgan fingerprint density at radius 1 is 1.10 bits per heavy atom. The first-order valence-corrected chi connectivity index (χ1v) is 7.22. The van der Waals surface area contributed by atoms with Crippen LogP contribution in [0.2, 0.25) is 0 Å². The van der Waals surface area contributed by atoms with Crippen LogP contribution in [-0.4, -0.2) is 11.0 Å². The summed E-state index contributed by atoms with van der Waals surface area (Å²) in [4.78, 5) is 13.9. The van der Waals surface area contributed by atoms with Crippen molar-refractivity contribution in [2.24, 2.45) is 0 Å². The predicted octanol–water partition coefficient (Wildman–Crippen LogP) is 4.27. The molecule has 0 N–H and O–H groups in total. The minimum absolute atomic E-state index is 0.304. The summed E-state index contributed by atoms with van der Waals surface area (Å²) < 4.78 is 6.34. The topological polar surface area (TPSA) is 29.5 Å². The van der Waals surface area contributed by atoms with E-state index in [-0.39, 0.29) is 6.09 Å². The number of fused-ring (bicyclic) bond motifs is 1. The molecule has 3 rings (SSSR count). The third-order valence-corrected chi connectivity index (χ3v) is 3.89. The quantitative estimate of drug-likeness (QED) is 0.780. The molecule has 0 radical (unpaired) electrons. The summed E-state index contributed by atoms with van der Waals surface area (Å²) in [5, 5.41) is 0. The Kier molecular flexibility index (Phi) is 3.49. The maximum Gasteiger partial charge on any atom is 0.415 e. The average Bonchev–Trinajstić information content (AvgIpc) is 2.84. The fraction of sp³-hybridized carbons (Fsp3) is 0.188. The van der Waals surface area contributed by atoms with E-state index in [4.69, 9.17) is 4.74 Å². The van der Waals surface area contributed by atoms with Crippen molar-refractivity contribution in [3.05, 3.63) is 63.6 Å². The average molecular weight is 332 g/mol. The standard InChI is InChI=1S/C16H14BrNO2/c1-11-2-3-12-9-18(10-13(12)8-11)16(19)20-15-6-4-14(17)5-7-15/h2-8H,9-10H2,1H3. The first-order valence-electron chi connectivity index (χ1n) is 6.42. The summed E-state index contributed by atoms with van der Waals surface area (Å²) in [7, 11) is 0. The van der Waals surface area contributed by atoms with Crippen LogP contribution in [-0.2, 0) is 13.1 Å². The lowest BCUT2D eigenvalue weighted by molar-refractivity contribution is 0.152. The SMILES string of the molecule is Cc1ccc2c(c1)CN(C(=O)Oc1ccc(Br)cc1)C2. The number of carbonyl (C=O) groups is 1. The number of hydrogen-bond acceptors (Lipinski definition) is 2. The second kappa shape index (κ2) is 5.29. The Morgan fingerprint density at radius 3 is 2.55 bits per heavy atom. The van der Waals surface area contributed by atoms with Crippen LogP contribution in [0.15, 0.2) is 46.9 Å². The van der Waals surface area contributed by atoms with Gasteiger partial charge >= 0.3 is 6.09 Å². The van der Waals surface area contributed by atoms with E-state index in [0.29, 0.717) is 18.8 Å². The molecule has 0 saturated heterocycles. The van der Waals surface area contributed by atoms with Crippen LogP contribution >= 0.6 is 15.9 Å². The lowest BCUT2D eigenvalue weighted by atomic mass is 10.1. The molecule has 0 bridgehead atoms. The van der Waals surface area contributed by atoms with Crippen molar-refractivity contribution in [3.63, 3.8) is 0 Å². The molecule has 1 aliphatic heterocycles. The van der Waals surface area contributed by atoms with Crippen LogP contribution < -0.4 is 4.74 Å². The summed E-state index contributed by atoms with van der Waals surface area (Å²) >= 11 is 3.35. The van der Waals surface area contributed by atoms with Crippen molar-refractivity contribution in [1.29, 1.82) is 0 Å². The lowest BCUT2D eigenvalue weighted by Crippen LogP contribution is -2.28. The van der Waals surface area contributed by atoms with E-state index in [0.717, 1.165) is 4.47 Å². The minimum Gasteiger partial charge on any atom is -0.410 e. The summed E-state index contributed by atoms with van der Waals surface area (Å²) in [6.07, 6.45) is -0.304. The summed E-state index contributed by atoms with van der Waals surface area (Å²) in [6.45, 7) is 3.29. The zero-order chi connectivity index (χ0) is 14.1. The summed E-state index contributed by atoms with van der Waals surface area (Å²) in [6, 6.07) is 13.5. The monoisotopic (exact) mass is 331 g/mol. The van der Waals surface area contributed by atoms with Crippen molar-refractivity contribution in [2.75, 3.05) is 0 Å². The summed E-state index contributed by atoms with van der Waals surface area (Å²) in [5.74, 6) is 0.560. The van der Waals surface area contributed by atoms with E-state index in [1.807, 2.05) is 12.1 Å². The van der Waals surface area contributed by atoms with Gasteiger partial charge in [0.15, 0.2) is 0 Å². The molecule has 1 heterocycles.